The highest BCUT2D eigenvalue weighted by Gasteiger charge is 2.23. The number of ether oxygens (including phenoxy) is 1. The van der Waals surface area contributed by atoms with Crippen LogP contribution < -0.4 is 15.8 Å². The second kappa shape index (κ2) is 8.03. The molecule has 0 saturated carbocycles. The summed E-state index contributed by atoms with van der Waals surface area (Å²) < 4.78 is 5.79. The molecule has 1 fully saturated rings. The number of nitrogen functional groups attached to an aromatic ring is 1. The number of nitrogens with zero attached hydrogens (tertiary/aromatic N) is 1. The fourth-order valence-electron chi connectivity index (χ4n) is 3.23. The summed E-state index contributed by atoms with van der Waals surface area (Å²) in [6, 6.07) is 14.9. The summed E-state index contributed by atoms with van der Waals surface area (Å²) in [5.41, 5.74) is 6.97. The molecular formula is C20H25N3O2. The summed E-state index contributed by atoms with van der Waals surface area (Å²) in [6.07, 6.45) is 2.35. The van der Waals surface area contributed by atoms with E-state index >= 15 is 0 Å². The number of nitrogens with two attached hydrogens (primary N) is 1. The van der Waals surface area contributed by atoms with Crippen molar-refractivity contribution in [3.63, 3.8) is 0 Å². The fraction of sp³-hybridized carbons (Fsp3) is 0.350. The molecule has 0 spiro atoms. The molecule has 1 aliphatic rings. The van der Waals surface area contributed by atoms with Crippen molar-refractivity contribution in [3.05, 3.63) is 54.1 Å². The van der Waals surface area contributed by atoms with Crippen LogP contribution in [0.3, 0.4) is 0 Å². The molecule has 5 heteroatoms. The molecule has 1 unspecified atom stereocenters. The lowest BCUT2D eigenvalue weighted by Crippen LogP contribution is -2.40. The molecular weight excluding hydrogens is 314 g/mol. The van der Waals surface area contributed by atoms with Gasteiger partial charge >= 0.3 is 0 Å². The lowest BCUT2D eigenvalue weighted by molar-refractivity contribution is 0.0941. The monoisotopic (exact) mass is 339 g/mol. The molecule has 2 aromatic carbocycles. The predicted molar refractivity (Wildman–Crippen MR) is 100.0 cm³/mol. The minimum absolute atomic E-state index is 0.0642. The van der Waals surface area contributed by atoms with Gasteiger partial charge in [0.2, 0.25) is 0 Å². The standard InChI is InChI=1S/C20H25N3O2/c1-2-23-12-4-6-17(23)14-22-20(24)15-5-3-7-19(13-15)25-18-10-8-16(21)9-11-18/h3,5,7-11,13,17H,2,4,6,12,14,21H2,1H3,(H,22,24). The van der Waals surface area contributed by atoms with E-state index in [1.54, 1.807) is 24.3 Å². The number of carbonyl (C=O) groups excluding carboxylic acids is 1. The zero-order valence-electron chi connectivity index (χ0n) is 14.6. The lowest BCUT2D eigenvalue weighted by Gasteiger charge is -2.22. The molecule has 1 atom stereocenters. The van der Waals surface area contributed by atoms with Gasteiger partial charge in [-0.15, -0.1) is 0 Å². The van der Waals surface area contributed by atoms with Gasteiger partial charge in [0.25, 0.3) is 5.91 Å². The Labute approximate surface area is 148 Å². The number of likely N-dealkylation sites (tertiary alicyclic amines) is 1. The highest BCUT2D eigenvalue weighted by atomic mass is 16.5. The Morgan fingerprint density at radius 3 is 2.80 bits per heavy atom. The molecule has 5 nitrogen and oxygen atoms in total. The fourth-order valence-corrected chi connectivity index (χ4v) is 3.23. The molecule has 25 heavy (non-hydrogen) atoms. The summed E-state index contributed by atoms with van der Waals surface area (Å²) in [6.45, 7) is 5.02. The third-order valence-corrected chi connectivity index (χ3v) is 4.62. The first kappa shape index (κ1) is 17.3. The average molecular weight is 339 g/mol. The van der Waals surface area contributed by atoms with Crippen molar-refractivity contribution in [2.24, 2.45) is 0 Å². The van der Waals surface area contributed by atoms with Crippen LogP contribution in [0.25, 0.3) is 0 Å². The molecule has 3 rings (SSSR count). The second-order valence-corrected chi connectivity index (χ2v) is 6.33. The summed E-state index contributed by atoms with van der Waals surface area (Å²) in [5.74, 6) is 1.26. The summed E-state index contributed by atoms with van der Waals surface area (Å²) in [7, 11) is 0. The zero-order chi connectivity index (χ0) is 17.6. The Balaban J connectivity index is 1.60. The Morgan fingerprint density at radius 1 is 1.24 bits per heavy atom. The normalized spacial score (nSPS) is 17.4. The Morgan fingerprint density at radius 2 is 2.04 bits per heavy atom. The number of likely N-dealkylation sites (N-methyl/N-ethyl adjacent to an activating group) is 1. The number of amides is 1. The molecule has 0 aliphatic carbocycles. The van der Waals surface area contributed by atoms with Crippen LogP contribution in [0.2, 0.25) is 0 Å². The van der Waals surface area contributed by atoms with Gasteiger partial charge in [0.15, 0.2) is 0 Å². The third kappa shape index (κ3) is 4.51. The van der Waals surface area contributed by atoms with Crippen LogP contribution in [0.1, 0.15) is 30.1 Å². The highest BCUT2D eigenvalue weighted by molar-refractivity contribution is 5.94. The van der Waals surface area contributed by atoms with Crippen molar-refractivity contribution >= 4 is 11.6 Å². The van der Waals surface area contributed by atoms with Crippen LogP contribution in [0.5, 0.6) is 11.5 Å². The van der Waals surface area contributed by atoms with Gasteiger partial charge in [0, 0.05) is 23.8 Å². The van der Waals surface area contributed by atoms with Gasteiger partial charge in [-0.25, -0.2) is 0 Å². The quantitative estimate of drug-likeness (QED) is 0.793. The summed E-state index contributed by atoms with van der Waals surface area (Å²) in [5, 5.41) is 3.05. The molecule has 3 N–H and O–H groups in total. The van der Waals surface area contributed by atoms with E-state index in [2.05, 4.69) is 17.1 Å². The van der Waals surface area contributed by atoms with Crippen LogP contribution in [-0.2, 0) is 0 Å². The van der Waals surface area contributed by atoms with E-state index < -0.39 is 0 Å². The van der Waals surface area contributed by atoms with Gasteiger partial charge in [-0.3, -0.25) is 9.69 Å². The summed E-state index contributed by atoms with van der Waals surface area (Å²) >= 11 is 0. The molecule has 1 heterocycles. The molecule has 2 aromatic rings. The number of carbonyl (C=O) groups is 1. The van der Waals surface area contributed by atoms with Crippen molar-refractivity contribution in [1.82, 2.24) is 10.2 Å². The average Bonchev–Trinajstić information content (AvgIpc) is 3.09. The highest BCUT2D eigenvalue weighted by Crippen LogP contribution is 2.23. The molecule has 132 valence electrons. The maximum atomic E-state index is 12.4. The van der Waals surface area contributed by atoms with E-state index in [9.17, 15) is 4.79 Å². The smallest absolute Gasteiger partial charge is 0.251 e. The first-order valence-electron chi connectivity index (χ1n) is 8.81. The van der Waals surface area contributed by atoms with Crippen LogP contribution in [0.4, 0.5) is 5.69 Å². The van der Waals surface area contributed by atoms with Crippen molar-refractivity contribution in [2.45, 2.75) is 25.8 Å². The van der Waals surface area contributed by atoms with Crippen molar-refractivity contribution in [2.75, 3.05) is 25.4 Å². The number of rotatable bonds is 6. The number of hydrogen-bond acceptors (Lipinski definition) is 4. The Kier molecular flexibility index (Phi) is 5.56. The number of anilines is 1. The van der Waals surface area contributed by atoms with E-state index in [4.69, 9.17) is 10.5 Å². The SMILES string of the molecule is CCN1CCCC1CNC(=O)c1cccc(Oc2ccc(N)cc2)c1. The minimum Gasteiger partial charge on any atom is -0.457 e. The molecule has 1 saturated heterocycles. The van der Waals surface area contributed by atoms with E-state index in [1.165, 1.54) is 6.42 Å². The van der Waals surface area contributed by atoms with E-state index in [0.717, 1.165) is 19.5 Å². The van der Waals surface area contributed by atoms with Gasteiger partial charge in [0.1, 0.15) is 11.5 Å². The molecule has 1 aliphatic heterocycles. The maximum absolute atomic E-state index is 12.4. The molecule has 1 amide bonds. The topological polar surface area (TPSA) is 67.6 Å². The van der Waals surface area contributed by atoms with Crippen molar-refractivity contribution in [3.8, 4) is 11.5 Å². The van der Waals surface area contributed by atoms with Gasteiger partial charge in [-0.05, 0) is 68.4 Å². The van der Waals surface area contributed by atoms with E-state index in [0.29, 0.717) is 35.3 Å². The molecule has 0 radical (unpaired) electrons. The Hall–Kier alpha value is -2.53. The second-order valence-electron chi connectivity index (χ2n) is 6.33. The third-order valence-electron chi connectivity index (χ3n) is 4.62. The van der Waals surface area contributed by atoms with Crippen molar-refractivity contribution in [1.29, 1.82) is 0 Å². The summed E-state index contributed by atoms with van der Waals surface area (Å²) in [4.78, 5) is 14.9. The molecule has 0 aromatic heterocycles. The van der Waals surface area contributed by atoms with Gasteiger partial charge in [0.05, 0.1) is 0 Å². The Bertz CT molecular complexity index is 715. The lowest BCUT2D eigenvalue weighted by atomic mass is 10.1. The van der Waals surface area contributed by atoms with E-state index in [-0.39, 0.29) is 5.91 Å². The largest absolute Gasteiger partial charge is 0.457 e. The van der Waals surface area contributed by atoms with Crippen molar-refractivity contribution < 1.29 is 9.53 Å². The number of benzene rings is 2. The number of nitrogens with one attached hydrogen (secondary N) is 1. The van der Waals surface area contributed by atoms with Crippen LogP contribution in [0.15, 0.2) is 48.5 Å². The van der Waals surface area contributed by atoms with Crippen LogP contribution in [-0.4, -0.2) is 36.5 Å². The van der Waals surface area contributed by atoms with Gasteiger partial charge in [-0.1, -0.05) is 13.0 Å². The first-order chi connectivity index (χ1) is 12.2. The molecule has 0 bridgehead atoms. The van der Waals surface area contributed by atoms with Crippen LogP contribution in [0, 0.1) is 0 Å². The predicted octanol–water partition coefficient (Wildman–Crippen LogP) is 3.28. The van der Waals surface area contributed by atoms with Gasteiger partial charge < -0.3 is 15.8 Å². The number of hydrogen-bond donors (Lipinski definition) is 2. The van der Waals surface area contributed by atoms with Gasteiger partial charge in [-0.2, -0.15) is 0 Å². The van der Waals surface area contributed by atoms with Crippen LogP contribution >= 0.6 is 0 Å². The maximum Gasteiger partial charge on any atom is 0.251 e. The minimum atomic E-state index is -0.0642. The van der Waals surface area contributed by atoms with E-state index in [1.807, 2.05) is 24.3 Å². The zero-order valence-corrected chi connectivity index (χ0v) is 14.6. The first-order valence-corrected chi connectivity index (χ1v) is 8.81.